The van der Waals surface area contributed by atoms with E-state index in [0.29, 0.717) is 0 Å². The summed E-state index contributed by atoms with van der Waals surface area (Å²) >= 11 is 3.50. The second-order valence-electron chi connectivity index (χ2n) is 4.52. The topological polar surface area (TPSA) is 32.3 Å². The summed E-state index contributed by atoms with van der Waals surface area (Å²) in [6.45, 7) is 0.822. The van der Waals surface area contributed by atoms with Crippen molar-refractivity contribution < 1.29 is 5.11 Å². The van der Waals surface area contributed by atoms with Gasteiger partial charge in [0.2, 0.25) is 0 Å². The lowest BCUT2D eigenvalue weighted by Crippen LogP contribution is -2.20. The number of fused-ring (bicyclic) bond motifs is 1. The van der Waals surface area contributed by atoms with Crippen molar-refractivity contribution in [2.45, 2.75) is 18.7 Å². The van der Waals surface area contributed by atoms with Gasteiger partial charge in [0.15, 0.2) is 0 Å². The van der Waals surface area contributed by atoms with Crippen molar-refractivity contribution in [3.05, 3.63) is 69.7 Å². The van der Waals surface area contributed by atoms with Crippen molar-refractivity contribution in [3.8, 4) is 0 Å². The molecule has 0 fully saturated rings. The molecule has 0 saturated heterocycles. The zero-order chi connectivity index (χ0) is 12.5. The Morgan fingerprint density at radius 2 is 1.83 bits per heavy atom. The molecule has 2 nitrogen and oxygen atoms in total. The number of halogens is 1. The van der Waals surface area contributed by atoms with Crippen LogP contribution in [0.3, 0.4) is 0 Å². The lowest BCUT2D eigenvalue weighted by molar-refractivity contribution is 0.133. The van der Waals surface area contributed by atoms with Crippen molar-refractivity contribution in [1.29, 1.82) is 0 Å². The molecule has 0 spiro atoms. The van der Waals surface area contributed by atoms with E-state index in [9.17, 15) is 5.11 Å². The maximum absolute atomic E-state index is 10.6. The molecule has 92 valence electrons. The van der Waals surface area contributed by atoms with Gasteiger partial charge in [-0.05, 0) is 22.8 Å². The fourth-order valence-electron chi connectivity index (χ4n) is 2.50. The molecule has 0 saturated carbocycles. The zero-order valence-electron chi connectivity index (χ0n) is 9.81. The van der Waals surface area contributed by atoms with Gasteiger partial charge < -0.3 is 10.4 Å². The summed E-state index contributed by atoms with van der Waals surface area (Å²) in [5.74, 6) is 0. The molecule has 2 aromatic carbocycles. The number of aliphatic hydroxyl groups is 1. The van der Waals surface area contributed by atoms with Crippen LogP contribution in [0.1, 0.15) is 28.8 Å². The van der Waals surface area contributed by atoms with Gasteiger partial charge in [0.1, 0.15) is 0 Å². The monoisotopic (exact) mass is 303 g/mol. The highest BCUT2D eigenvalue weighted by Crippen LogP contribution is 2.37. The Kier molecular flexibility index (Phi) is 3.20. The van der Waals surface area contributed by atoms with Crippen LogP contribution in [-0.2, 0) is 6.54 Å². The van der Waals surface area contributed by atoms with Crippen LogP contribution in [-0.4, -0.2) is 5.11 Å². The Labute approximate surface area is 115 Å². The first-order valence-corrected chi connectivity index (χ1v) is 6.80. The average molecular weight is 304 g/mol. The number of aliphatic hydroxyl groups excluding tert-OH is 1. The Balaban J connectivity index is 1.96. The second-order valence-corrected chi connectivity index (χ2v) is 5.38. The zero-order valence-corrected chi connectivity index (χ0v) is 11.4. The van der Waals surface area contributed by atoms with Crippen molar-refractivity contribution in [1.82, 2.24) is 5.32 Å². The number of nitrogens with one attached hydrogen (secondary N) is 1. The molecule has 1 aliphatic heterocycles. The van der Waals surface area contributed by atoms with Gasteiger partial charge in [-0.1, -0.05) is 58.4 Å². The van der Waals surface area contributed by atoms with Gasteiger partial charge in [0.05, 0.1) is 12.1 Å². The Hall–Kier alpha value is -1.16. The molecule has 2 atom stereocenters. The van der Waals surface area contributed by atoms with Crippen LogP contribution in [0, 0.1) is 0 Å². The molecule has 2 aromatic rings. The van der Waals surface area contributed by atoms with E-state index in [1.165, 1.54) is 11.1 Å². The maximum atomic E-state index is 10.6. The SMILES string of the molecule is OC(c1ccccc1Br)C1NCc2ccccc21. The smallest absolute Gasteiger partial charge is 0.0995 e. The molecule has 2 N–H and O–H groups in total. The summed E-state index contributed by atoms with van der Waals surface area (Å²) < 4.78 is 0.948. The van der Waals surface area contributed by atoms with Gasteiger partial charge in [-0.2, -0.15) is 0 Å². The molecule has 1 heterocycles. The first-order valence-electron chi connectivity index (χ1n) is 6.01. The molecule has 0 radical (unpaired) electrons. The van der Waals surface area contributed by atoms with E-state index in [1.54, 1.807) is 0 Å². The summed E-state index contributed by atoms with van der Waals surface area (Å²) in [5.41, 5.74) is 3.39. The molecular formula is C15H14BrNO. The van der Waals surface area contributed by atoms with E-state index in [0.717, 1.165) is 16.6 Å². The van der Waals surface area contributed by atoms with E-state index in [-0.39, 0.29) is 6.04 Å². The lowest BCUT2D eigenvalue weighted by atomic mass is 9.96. The lowest BCUT2D eigenvalue weighted by Gasteiger charge is -2.21. The van der Waals surface area contributed by atoms with Crippen molar-refractivity contribution in [3.63, 3.8) is 0 Å². The predicted octanol–water partition coefficient (Wildman–Crippen LogP) is 3.33. The number of hydrogen-bond acceptors (Lipinski definition) is 2. The average Bonchev–Trinajstić information content (AvgIpc) is 2.82. The van der Waals surface area contributed by atoms with Gasteiger partial charge in [-0.15, -0.1) is 0 Å². The third-order valence-electron chi connectivity index (χ3n) is 3.44. The normalized spacial score (nSPS) is 19.6. The molecule has 0 aliphatic carbocycles. The minimum atomic E-state index is -0.538. The summed E-state index contributed by atoms with van der Waals surface area (Å²) in [7, 11) is 0. The highest BCUT2D eigenvalue weighted by molar-refractivity contribution is 9.10. The van der Waals surface area contributed by atoms with E-state index in [2.05, 4.69) is 33.4 Å². The van der Waals surface area contributed by atoms with Crippen LogP contribution in [0.15, 0.2) is 53.0 Å². The molecule has 0 aromatic heterocycles. The Morgan fingerprint density at radius 3 is 2.67 bits per heavy atom. The van der Waals surface area contributed by atoms with E-state index >= 15 is 0 Å². The fourth-order valence-corrected chi connectivity index (χ4v) is 3.02. The summed E-state index contributed by atoms with van der Waals surface area (Å²) in [4.78, 5) is 0. The highest BCUT2D eigenvalue weighted by Gasteiger charge is 2.29. The van der Waals surface area contributed by atoms with Gasteiger partial charge in [0.25, 0.3) is 0 Å². The van der Waals surface area contributed by atoms with Crippen LogP contribution in [0.2, 0.25) is 0 Å². The molecule has 18 heavy (non-hydrogen) atoms. The first-order chi connectivity index (χ1) is 8.77. The second kappa shape index (κ2) is 4.84. The molecule has 1 aliphatic rings. The summed E-state index contributed by atoms with van der Waals surface area (Å²) in [6.07, 6.45) is -0.538. The quantitative estimate of drug-likeness (QED) is 0.892. The minimum absolute atomic E-state index is 0.0279. The molecule has 3 rings (SSSR count). The van der Waals surface area contributed by atoms with E-state index in [4.69, 9.17) is 0 Å². The minimum Gasteiger partial charge on any atom is -0.386 e. The van der Waals surface area contributed by atoms with E-state index in [1.807, 2.05) is 36.4 Å². The Morgan fingerprint density at radius 1 is 1.11 bits per heavy atom. The molecule has 0 amide bonds. The molecule has 3 heteroatoms. The van der Waals surface area contributed by atoms with Crippen molar-refractivity contribution in [2.24, 2.45) is 0 Å². The van der Waals surface area contributed by atoms with Crippen LogP contribution >= 0.6 is 15.9 Å². The summed E-state index contributed by atoms with van der Waals surface area (Å²) in [6, 6.07) is 16.0. The van der Waals surface area contributed by atoms with Gasteiger partial charge in [-0.25, -0.2) is 0 Å². The highest BCUT2D eigenvalue weighted by atomic mass is 79.9. The third kappa shape index (κ3) is 1.99. The standard InChI is InChI=1S/C15H14BrNO/c16-13-8-4-3-7-12(13)15(18)14-11-6-2-1-5-10(11)9-17-14/h1-8,14-15,17-18H,9H2. The fraction of sp³-hybridized carbons (Fsp3) is 0.200. The van der Waals surface area contributed by atoms with Crippen molar-refractivity contribution in [2.75, 3.05) is 0 Å². The number of rotatable bonds is 2. The molecule has 0 bridgehead atoms. The largest absolute Gasteiger partial charge is 0.386 e. The predicted molar refractivity (Wildman–Crippen MR) is 75.1 cm³/mol. The molecular weight excluding hydrogens is 290 g/mol. The molecule has 2 unspecified atom stereocenters. The van der Waals surface area contributed by atoms with E-state index < -0.39 is 6.10 Å². The van der Waals surface area contributed by atoms with Gasteiger partial charge in [-0.3, -0.25) is 0 Å². The third-order valence-corrected chi connectivity index (χ3v) is 4.16. The van der Waals surface area contributed by atoms with Gasteiger partial charge in [0, 0.05) is 11.0 Å². The Bertz CT molecular complexity index is 570. The van der Waals surface area contributed by atoms with Crippen LogP contribution in [0.5, 0.6) is 0 Å². The van der Waals surface area contributed by atoms with Crippen LogP contribution < -0.4 is 5.32 Å². The maximum Gasteiger partial charge on any atom is 0.0995 e. The number of hydrogen-bond donors (Lipinski definition) is 2. The first kappa shape index (κ1) is 11.9. The summed E-state index contributed by atoms with van der Waals surface area (Å²) in [5, 5.41) is 13.9. The van der Waals surface area contributed by atoms with Gasteiger partial charge >= 0.3 is 0 Å². The van der Waals surface area contributed by atoms with Crippen LogP contribution in [0.4, 0.5) is 0 Å². The van der Waals surface area contributed by atoms with Crippen LogP contribution in [0.25, 0.3) is 0 Å². The number of benzene rings is 2. The van der Waals surface area contributed by atoms with Crippen molar-refractivity contribution >= 4 is 15.9 Å².